The Hall–Kier alpha value is -2.50. The predicted octanol–water partition coefficient (Wildman–Crippen LogP) is 0.907. The van der Waals surface area contributed by atoms with E-state index in [4.69, 9.17) is 5.73 Å². The van der Waals surface area contributed by atoms with Crippen molar-refractivity contribution in [1.82, 2.24) is 9.88 Å². The number of nitrogens with one attached hydrogen (secondary N) is 1. The molecule has 0 bridgehead atoms. The first-order valence-electron chi connectivity index (χ1n) is 5.98. The van der Waals surface area contributed by atoms with Crippen LogP contribution in [0.4, 0.5) is 5.69 Å². The van der Waals surface area contributed by atoms with Crippen LogP contribution in [0.1, 0.15) is 18.9 Å². The van der Waals surface area contributed by atoms with Gasteiger partial charge in [-0.25, -0.2) is 0 Å². The maximum atomic E-state index is 11.8. The van der Waals surface area contributed by atoms with Crippen LogP contribution in [0.3, 0.4) is 0 Å². The summed E-state index contributed by atoms with van der Waals surface area (Å²) in [7, 11) is 0. The molecule has 19 heavy (non-hydrogen) atoms. The van der Waals surface area contributed by atoms with E-state index in [9.17, 15) is 14.7 Å². The summed E-state index contributed by atoms with van der Waals surface area (Å²) in [5.74, 6) is -0.525. The molecule has 3 rings (SSSR count). The number of phenolic OH excluding ortho intramolecular Hbond substituents is 1. The number of aromatic nitrogens is 1. The van der Waals surface area contributed by atoms with Crippen LogP contribution in [0.15, 0.2) is 24.5 Å². The lowest BCUT2D eigenvalue weighted by molar-refractivity contribution is -0.135. The predicted molar refractivity (Wildman–Crippen MR) is 69.4 cm³/mol. The molecule has 98 valence electrons. The number of imide groups is 1. The average Bonchev–Trinajstić information content (AvgIpc) is 2.78. The van der Waals surface area contributed by atoms with Gasteiger partial charge in [-0.15, -0.1) is 0 Å². The number of nitrogens with zero attached hydrogens (tertiary/aromatic N) is 1. The number of fused-ring (bicyclic) bond motifs is 1. The SMILES string of the molecule is Nc1c(O)ccc2cn(C3CCC(=O)NC3=O)cc12. The molecule has 6 heteroatoms. The van der Waals surface area contributed by atoms with Gasteiger partial charge in [-0.3, -0.25) is 14.9 Å². The highest BCUT2D eigenvalue weighted by Gasteiger charge is 2.27. The zero-order chi connectivity index (χ0) is 13.6. The number of carbonyl (C=O) groups excluding carboxylic acids is 2. The van der Waals surface area contributed by atoms with Gasteiger partial charge in [-0.05, 0) is 18.6 Å². The molecule has 1 atom stereocenters. The Kier molecular flexibility index (Phi) is 2.45. The van der Waals surface area contributed by atoms with Gasteiger partial charge >= 0.3 is 0 Å². The van der Waals surface area contributed by atoms with Crippen LogP contribution in [-0.4, -0.2) is 21.5 Å². The van der Waals surface area contributed by atoms with E-state index in [0.29, 0.717) is 23.9 Å². The number of nitrogen functional groups attached to an aromatic ring is 1. The van der Waals surface area contributed by atoms with Crippen molar-refractivity contribution in [2.75, 3.05) is 5.73 Å². The summed E-state index contributed by atoms with van der Waals surface area (Å²) in [6, 6.07) is 2.85. The maximum absolute atomic E-state index is 11.8. The van der Waals surface area contributed by atoms with Gasteiger partial charge in [-0.1, -0.05) is 0 Å². The first-order valence-corrected chi connectivity index (χ1v) is 5.98. The van der Waals surface area contributed by atoms with Gasteiger partial charge in [0.05, 0.1) is 5.69 Å². The Labute approximate surface area is 108 Å². The van der Waals surface area contributed by atoms with Crippen molar-refractivity contribution in [2.24, 2.45) is 0 Å². The fourth-order valence-corrected chi connectivity index (χ4v) is 2.39. The Morgan fingerprint density at radius 1 is 1.32 bits per heavy atom. The molecule has 1 aliphatic rings. The van der Waals surface area contributed by atoms with Crippen LogP contribution in [-0.2, 0) is 9.59 Å². The lowest BCUT2D eigenvalue weighted by Crippen LogP contribution is -2.41. The molecule has 0 spiro atoms. The summed E-state index contributed by atoms with van der Waals surface area (Å²) in [6.07, 6.45) is 4.32. The van der Waals surface area contributed by atoms with E-state index >= 15 is 0 Å². The Bertz CT molecular complexity index is 690. The van der Waals surface area contributed by atoms with E-state index < -0.39 is 6.04 Å². The fourth-order valence-electron chi connectivity index (χ4n) is 2.39. The summed E-state index contributed by atoms with van der Waals surface area (Å²) in [6.45, 7) is 0. The highest BCUT2D eigenvalue weighted by molar-refractivity contribution is 6.00. The minimum absolute atomic E-state index is 0.0218. The largest absolute Gasteiger partial charge is 0.506 e. The van der Waals surface area contributed by atoms with Gasteiger partial charge < -0.3 is 15.4 Å². The van der Waals surface area contributed by atoms with E-state index in [1.165, 1.54) is 6.07 Å². The smallest absolute Gasteiger partial charge is 0.249 e. The van der Waals surface area contributed by atoms with Crippen molar-refractivity contribution in [1.29, 1.82) is 0 Å². The third kappa shape index (κ3) is 1.81. The van der Waals surface area contributed by atoms with Crippen LogP contribution in [0, 0.1) is 0 Å². The van der Waals surface area contributed by atoms with Crippen molar-refractivity contribution >= 4 is 28.3 Å². The van der Waals surface area contributed by atoms with E-state index in [1.807, 2.05) is 0 Å². The number of rotatable bonds is 1. The number of amides is 2. The molecule has 6 nitrogen and oxygen atoms in total. The van der Waals surface area contributed by atoms with Crippen molar-refractivity contribution in [2.45, 2.75) is 18.9 Å². The molecule has 1 aromatic heterocycles. The van der Waals surface area contributed by atoms with Gasteiger partial charge in [-0.2, -0.15) is 0 Å². The fraction of sp³-hybridized carbons (Fsp3) is 0.231. The third-order valence-electron chi connectivity index (χ3n) is 3.43. The van der Waals surface area contributed by atoms with Crippen LogP contribution < -0.4 is 11.1 Å². The quantitative estimate of drug-likeness (QED) is 0.403. The van der Waals surface area contributed by atoms with E-state index in [0.717, 1.165) is 5.39 Å². The second-order valence-electron chi connectivity index (χ2n) is 4.67. The Balaban J connectivity index is 2.04. The van der Waals surface area contributed by atoms with Gasteiger partial charge in [0.2, 0.25) is 11.8 Å². The van der Waals surface area contributed by atoms with E-state index in [-0.39, 0.29) is 17.6 Å². The first kappa shape index (κ1) is 11.6. The monoisotopic (exact) mass is 259 g/mol. The normalized spacial score (nSPS) is 19.7. The first-order chi connectivity index (χ1) is 9.06. The molecule has 0 saturated carbocycles. The molecule has 1 aromatic carbocycles. The number of anilines is 1. The van der Waals surface area contributed by atoms with Crippen molar-refractivity contribution < 1.29 is 14.7 Å². The lowest BCUT2D eigenvalue weighted by atomic mass is 10.1. The van der Waals surface area contributed by atoms with Crippen LogP contribution in [0.5, 0.6) is 5.75 Å². The summed E-state index contributed by atoms with van der Waals surface area (Å²) in [4.78, 5) is 22.9. The number of phenols is 1. The van der Waals surface area contributed by atoms with Crippen molar-refractivity contribution in [3.63, 3.8) is 0 Å². The number of piperidine rings is 1. The number of hydrogen-bond donors (Lipinski definition) is 3. The Morgan fingerprint density at radius 2 is 2.11 bits per heavy atom. The second kappa shape index (κ2) is 4.01. The molecular weight excluding hydrogens is 246 g/mol. The van der Waals surface area contributed by atoms with Crippen molar-refractivity contribution in [3.05, 3.63) is 24.5 Å². The number of aromatic hydroxyl groups is 1. The summed E-state index contributed by atoms with van der Waals surface area (Å²) >= 11 is 0. The zero-order valence-electron chi connectivity index (χ0n) is 10.1. The molecule has 2 amide bonds. The summed E-state index contributed by atoms with van der Waals surface area (Å²) in [5.41, 5.74) is 6.09. The lowest BCUT2D eigenvalue weighted by Gasteiger charge is -2.21. The molecule has 2 aromatic rings. The number of nitrogens with two attached hydrogens (primary N) is 1. The van der Waals surface area contributed by atoms with E-state index in [1.54, 1.807) is 23.0 Å². The highest BCUT2D eigenvalue weighted by Crippen LogP contribution is 2.32. The molecule has 4 N–H and O–H groups in total. The summed E-state index contributed by atoms with van der Waals surface area (Å²) < 4.78 is 1.74. The minimum atomic E-state index is -0.411. The highest BCUT2D eigenvalue weighted by atomic mass is 16.3. The van der Waals surface area contributed by atoms with Crippen LogP contribution >= 0.6 is 0 Å². The van der Waals surface area contributed by atoms with Gasteiger partial charge in [0.1, 0.15) is 11.8 Å². The molecule has 1 saturated heterocycles. The summed E-state index contributed by atoms with van der Waals surface area (Å²) in [5, 5.41) is 13.4. The minimum Gasteiger partial charge on any atom is -0.506 e. The topological polar surface area (TPSA) is 97.3 Å². The third-order valence-corrected chi connectivity index (χ3v) is 3.43. The standard InChI is InChI=1S/C13H13N3O3/c14-12-8-6-16(5-7(8)1-3-10(12)17)9-2-4-11(18)15-13(9)19/h1,3,5-6,9,17H,2,4,14H2,(H,15,18,19). The molecule has 2 heterocycles. The number of hydrogen-bond acceptors (Lipinski definition) is 4. The van der Waals surface area contributed by atoms with Crippen LogP contribution in [0.25, 0.3) is 10.8 Å². The average molecular weight is 259 g/mol. The Morgan fingerprint density at radius 3 is 2.84 bits per heavy atom. The molecule has 0 radical (unpaired) electrons. The van der Waals surface area contributed by atoms with Gasteiger partial charge in [0.15, 0.2) is 0 Å². The zero-order valence-corrected chi connectivity index (χ0v) is 10.1. The number of carbonyl (C=O) groups is 2. The molecular formula is C13H13N3O3. The maximum Gasteiger partial charge on any atom is 0.249 e. The van der Waals surface area contributed by atoms with Crippen LogP contribution in [0.2, 0.25) is 0 Å². The van der Waals surface area contributed by atoms with Gasteiger partial charge in [0, 0.05) is 29.6 Å². The molecule has 1 fully saturated rings. The van der Waals surface area contributed by atoms with Gasteiger partial charge in [0.25, 0.3) is 0 Å². The second-order valence-corrected chi connectivity index (χ2v) is 4.67. The molecule has 1 unspecified atom stereocenters. The molecule has 1 aliphatic heterocycles. The van der Waals surface area contributed by atoms with Crippen molar-refractivity contribution in [3.8, 4) is 5.75 Å². The number of benzene rings is 1. The molecule has 0 aliphatic carbocycles. The van der Waals surface area contributed by atoms with E-state index in [2.05, 4.69) is 5.32 Å².